The maximum absolute atomic E-state index is 6.32. The van der Waals surface area contributed by atoms with Crippen LogP contribution in [0.1, 0.15) is 42.4 Å². The lowest BCUT2D eigenvalue weighted by Gasteiger charge is -2.35. The number of hydrogen-bond acceptors (Lipinski definition) is 1. The molecule has 0 bridgehead atoms. The summed E-state index contributed by atoms with van der Waals surface area (Å²) in [6.07, 6.45) is 7.52. The molecule has 1 fully saturated rings. The van der Waals surface area contributed by atoms with Gasteiger partial charge >= 0.3 is 0 Å². The normalized spacial score (nSPS) is 17.5. The average molecular weight is 305 g/mol. The fraction of sp³-hybridized carbons (Fsp3) is 0.733. The first-order chi connectivity index (χ1) is 8.74. The van der Waals surface area contributed by atoms with E-state index in [-0.39, 0.29) is 5.41 Å². The van der Waals surface area contributed by atoms with Crippen LogP contribution in [0.2, 0.25) is 0 Å². The molecule has 1 saturated carbocycles. The van der Waals surface area contributed by atoms with Gasteiger partial charge in [0.25, 0.3) is 0 Å². The molecule has 1 heterocycles. The van der Waals surface area contributed by atoms with Crippen LogP contribution in [0, 0.1) is 11.3 Å². The fourth-order valence-electron chi connectivity index (χ4n) is 3.09. The molecule has 0 nitrogen and oxygen atoms in total. The van der Waals surface area contributed by atoms with Crippen LogP contribution < -0.4 is 0 Å². The second kappa shape index (κ2) is 6.63. The number of aryl methyl sites for hydroxylation is 1. The van der Waals surface area contributed by atoms with Gasteiger partial charge in [-0.2, -0.15) is 0 Å². The standard InChI is InChI=1S/C15H22Cl2S/c1-2-13-7-8-14(18-13)9-15(10-16,11-17)12-5-3-4-6-12/h7-8,12H,2-6,9-11H2,1H3. The molecule has 0 amide bonds. The Hall–Kier alpha value is 0.280. The summed E-state index contributed by atoms with van der Waals surface area (Å²) in [6.45, 7) is 2.21. The van der Waals surface area contributed by atoms with Crippen LogP contribution in [0.5, 0.6) is 0 Å². The third kappa shape index (κ3) is 3.05. The summed E-state index contributed by atoms with van der Waals surface area (Å²) in [5, 5.41) is 0. The minimum Gasteiger partial charge on any atom is -0.145 e. The topological polar surface area (TPSA) is 0 Å². The number of alkyl halides is 2. The average Bonchev–Trinajstić information content (AvgIpc) is 3.07. The summed E-state index contributed by atoms with van der Waals surface area (Å²) in [5.74, 6) is 2.11. The quantitative estimate of drug-likeness (QED) is 0.608. The van der Waals surface area contributed by atoms with E-state index in [9.17, 15) is 0 Å². The molecule has 0 saturated heterocycles. The second-order valence-electron chi connectivity index (χ2n) is 5.51. The first kappa shape index (κ1) is 14.7. The zero-order chi connectivity index (χ0) is 13.0. The van der Waals surface area contributed by atoms with Crippen molar-refractivity contribution >= 4 is 34.5 Å². The van der Waals surface area contributed by atoms with Gasteiger partial charge in [0.1, 0.15) is 0 Å². The molecule has 18 heavy (non-hydrogen) atoms. The van der Waals surface area contributed by atoms with Crippen molar-refractivity contribution in [3.05, 3.63) is 21.9 Å². The van der Waals surface area contributed by atoms with E-state index in [2.05, 4.69) is 19.1 Å². The van der Waals surface area contributed by atoms with Crippen LogP contribution in [-0.2, 0) is 12.8 Å². The highest BCUT2D eigenvalue weighted by atomic mass is 35.5. The lowest BCUT2D eigenvalue weighted by atomic mass is 9.74. The number of rotatable bonds is 6. The number of thiophene rings is 1. The monoisotopic (exact) mass is 304 g/mol. The Morgan fingerprint density at radius 1 is 1.17 bits per heavy atom. The largest absolute Gasteiger partial charge is 0.145 e. The van der Waals surface area contributed by atoms with Crippen molar-refractivity contribution < 1.29 is 0 Å². The van der Waals surface area contributed by atoms with Gasteiger partial charge in [-0.25, -0.2) is 0 Å². The van der Waals surface area contributed by atoms with Crippen molar-refractivity contribution in [3.8, 4) is 0 Å². The van der Waals surface area contributed by atoms with Crippen molar-refractivity contribution in [2.45, 2.75) is 45.4 Å². The summed E-state index contributed by atoms with van der Waals surface area (Å²) < 4.78 is 0. The van der Waals surface area contributed by atoms with Gasteiger partial charge in [0.15, 0.2) is 0 Å². The fourth-order valence-corrected chi connectivity index (χ4v) is 5.11. The molecule has 0 atom stereocenters. The Balaban J connectivity index is 2.13. The van der Waals surface area contributed by atoms with Gasteiger partial charge in [0, 0.05) is 26.9 Å². The van der Waals surface area contributed by atoms with E-state index in [4.69, 9.17) is 23.2 Å². The van der Waals surface area contributed by atoms with E-state index in [0.717, 1.165) is 18.8 Å². The molecule has 1 aliphatic rings. The Morgan fingerprint density at radius 3 is 2.28 bits per heavy atom. The summed E-state index contributed by atoms with van der Waals surface area (Å²) in [6, 6.07) is 4.52. The Kier molecular flexibility index (Phi) is 5.41. The molecule has 0 radical (unpaired) electrons. The van der Waals surface area contributed by atoms with Crippen molar-refractivity contribution in [1.82, 2.24) is 0 Å². The maximum atomic E-state index is 6.32. The van der Waals surface area contributed by atoms with E-state index < -0.39 is 0 Å². The molecular weight excluding hydrogens is 283 g/mol. The van der Waals surface area contributed by atoms with Gasteiger partial charge < -0.3 is 0 Å². The third-order valence-electron chi connectivity index (χ3n) is 4.35. The second-order valence-corrected chi connectivity index (χ2v) is 7.30. The summed E-state index contributed by atoms with van der Waals surface area (Å²) in [4.78, 5) is 2.93. The van der Waals surface area contributed by atoms with E-state index in [0.29, 0.717) is 11.8 Å². The highest BCUT2D eigenvalue weighted by molar-refractivity contribution is 7.12. The third-order valence-corrected chi connectivity index (χ3v) is 6.64. The molecule has 0 N–H and O–H groups in total. The molecular formula is C15H22Cl2S. The summed E-state index contributed by atoms with van der Waals surface area (Å²) in [7, 11) is 0. The van der Waals surface area contributed by atoms with Crippen molar-refractivity contribution in [1.29, 1.82) is 0 Å². The van der Waals surface area contributed by atoms with E-state index >= 15 is 0 Å². The van der Waals surface area contributed by atoms with Crippen LogP contribution in [0.3, 0.4) is 0 Å². The number of hydrogen-bond donors (Lipinski definition) is 0. The predicted molar refractivity (Wildman–Crippen MR) is 83.2 cm³/mol. The highest BCUT2D eigenvalue weighted by Gasteiger charge is 2.39. The Bertz CT molecular complexity index is 362. The highest BCUT2D eigenvalue weighted by Crippen LogP contribution is 2.44. The molecule has 1 aromatic heterocycles. The molecule has 2 rings (SSSR count). The van der Waals surface area contributed by atoms with Crippen LogP contribution in [0.25, 0.3) is 0 Å². The predicted octanol–water partition coefficient (Wildman–Crippen LogP) is 5.51. The molecule has 3 heteroatoms. The van der Waals surface area contributed by atoms with Crippen LogP contribution in [0.15, 0.2) is 12.1 Å². The molecule has 102 valence electrons. The summed E-state index contributed by atoms with van der Waals surface area (Å²) >= 11 is 14.6. The summed E-state index contributed by atoms with van der Waals surface area (Å²) in [5.41, 5.74) is 0.121. The van der Waals surface area contributed by atoms with Gasteiger partial charge in [0.2, 0.25) is 0 Å². The van der Waals surface area contributed by atoms with Gasteiger partial charge in [-0.1, -0.05) is 19.8 Å². The SMILES string of the molecule is CCc1ccc(CC(CCl)(CCl)C2CCCC2)s1. The van der Waals surface area contributed by atoms with E-state index in [1.165, 1.54) is 35.4 Å². The van der Waals surface area contributed by atoms with Gasteiger partial charge in [0.05, 0.1) is 0 Å². The van der Waals surface area contributed by atoms with Gasteiger partial charge in [-0.05, 0) is 43.7 Å². The van der Waals surface area contributed by atoms with Crippen molar-refractivity contribution in [2.75, 3.05) is 11.8 Å². The van der Waals surface area contributed by atoms with Crippen LogP contribution in [-0.4, -0.2) is 11.8 Å². The minimum absolute atomic E-state index is 0.121. The Labute approximate surface area is 125 Å². The first-order valence-corrected chi connectivity index (χ1v) is 8.82. The lowest BCUT2D eigenvalue weighted by molar-refractivity contribution is 0.226. The molecule has 1 aromatic rings. The van der Waals surface area contributed by atoms with Gasteiger partial charge in [-0.3, -0.25) is 0 Å². The molecule has 0 aromatic carbocycles. The maximum Gasteiger partial charge on any atom is 0.0297 e. The molecule has 0 spiro atoms. The zero-order valence-corrected chi connectivity index (χ0v) is 13.4. The smallest absolute Gasteiger partial charge is 0.0297 e. The van der Waals surface area contributed by atoms with E-state index in [1.54, 1.807) is 0 Å². The zero-order valence-electron chi connectivity index (χ0n) is 11.1. The van der Waals surface area contributed by atoms with Crippen molar-refractivity contribution in [2.24, 2.45) is 11.3 Å². The minimum atomic E-state index is 0.121. The molecule has 0 unspecified atom stereocenters. The number of halogens is 2. The first-order valence-electron chi connectivity index (χ1n) is 6.93. The van der Waals surface area contributed by atoms with Crippen molar-refractivity contribution in [3.63, 3.8) is 0 Å². The van der Waals surface area contributed by atoms with Gasteiger partial charge in [-0.15, -0.1) is 34.5 Å². The van der Waals surface area contributed by atoms with Crippen LogP contribution >= 0.6 is 34.5 Å². The lowest BCUT2D eigenvalue weighted by Crippen LogP contribution is -2.35. The molecule has 1 aliphatic carbocycles. The van der Waals surface area contributed by atoms with Crippen LogP contribution in [0.4, 0.5) is 0 Å². The molecule has 0 aliphatic heterocycles. The Morgan fingerprint density at radius 2 is 1.78 bits per heavy atom. The van der Waals surface area contributed by atoms with E-state index in [1.807, 2.05) is 11.3 Å².